The summed E-state index contributed by atoms with van der Waals surface area (Å²) in [4.78, 5) is 3.95. The van der Waals surface area contributed by atoms with E-state index in [2.05, 4.69) is 15.6 Å². The van der Waals surface area contributed by atoms with Crippen LogP contribution in [0.3, 0.4) is 0 Å². The minimum atomic E-state index is -4.19. The van der Waals surface area contributed by atoms with Gasteiger partial charge in [-0.3, -0.25) is 4.99 Å². The van der Waals surface area contributed by atoms with Crippen LogP contribution >= 0.6 is 24.0 Å². The molecule has 9 heteroatoms. The maximum absolute atomic E-state index is 12.3. The molecule has 1 saturated carbocycles. The van der Waals surface area contributed by atoms with Crippen LogP contribution in [-0.2, 0) is 6.54 Å². The summed E-state index contributed by atoms with van der Waals surface area (Å²) in [6, 6.07) is 5.56. The first kappa shape index (κ1) is 23.6. The zero-order valence-electron chi connectivity index (χ0n) is 15.6. The maximum Gasteiger partial charge on any atom is 0.390 e. The standard InChI is InChI=1S/C18H26F3N3O2.HI/c1-22-17(23-10-9-18(19,20)21)24-12-13-7-8-15(25-2)11-16(13)26-14-5-3-4-6-14;/h7-8,11,14H,3-6,9-10,12H2,1-2H3,(H2,22,23,24);1H. The van der Waals surface area contributed by atoms with E-state index in [0.717, 1.165) is 37.0 Å². The third-order valence-corrected chi connectivity index (χ3v) is 4.24. The minimum absolute atomic E-state index is 0. The number of ether oxygens (including phenoxy) is 2. The summed E-state index contributed by atoms with van der Waals surface area (Å²) in [7, 11) is 3.12. The summed E-state index contributed by atoms with van der Waals surface area (Å²) in [6.07, 6.45) is -0.507. The predicted octanol–water partition coefficient (Wildman–Crippen LogP) is 4.25. The highest BCUT2D eigenvalue weighted by atomic mass is 127. The lowest BCUT2D eigenvalue weighted by Crippen LogP contribution is -2.38. The number of halogens is 4. The van der Waals surface area contributed by atoms with E-state index in [-0.39, 0.29) is 36.6 Å². The van der Waals surface area contributed by atoms with Crippen molar-refractivity contribution in [3.8, 4) is 11.5 Å². The number of alkyl halides is 3. The molecule has 1 aliphatic carbocycles. The van der Waals surface area contributed by atoms with Gasteiger partial charge in [-0.25, -0.2) is 0 Å². The van der Waals surface area contributed by atoms with Crippen LogP contribution in [0, 0.1) is 0 Å². The second-order valence-electron chi connectivity index (χ2n) is 6.22. The molecule has 0 spiro atoms. The number of hydrogen-bond acceptors (Lipinski definition) is 3. The Morgan fingerprint density at radius 1 is 1.22 bits per heavy atom. The lowest BCUT2D eigenvalue weighted by atomic mass is 10.2. The van der Waals surface area contributed by atoms with Crippen LogP contribution < -0.4 is 20.1 Å². The van der Waals surface area contributed by atoms with E-state index in [0.29, 0.717) is 18.3 Å². The summed E-state index contributed by atoms with van der Waals surface area (Å²) in [5.74, 6) is 1.75. The predicted molar refractivity (Wildman–Crippen MR) is 110 cm³/mol. The first-order valence-corrected chi connectivity index (χ1v) is 8.76. The van der Waals surface area contributed by atoms with Gasteiger partial charge in [0.15, 0.2) is 5.96 Å². The highest BCUT2D eigenvalue weighted by Crippen LogP contribution is 2.30. The quantitative estimate of drug-likeness (QED) is 0.333. The Bertz CT molecular complexity index is 606. The normalized spacial score (nSPS) is 15.2. The van der Waals surface area contributed by atoms with Crippen molar-refractivity contribution in [2.24, 2.45) is 4.99 Å². The lowest BCUT2D eigenvalue weighted by Gasteiger charge is -2.19. The van der Waals surface area contributed by atoms with Crippen LogP contribution in [0.5, 0.6) is 11.5 Å². The van der Waals surface area contributed by atoms with Gasteiger partial charge in [-0.1, -0.05) is 0 Å². The molecule has 0 unspecified atom stereocenters. The van der Waals surface area contributed by atoms with Crippen molar-refractivity contribution >= 4 is 29.9 Å². The molecule has 27 heavy (non-hydrogen) atoms. The van der Waals surface area contributed by atoms with Crippen molar-refractivity contribution in [2.45, 2.75) is 50.9 Å². The highest BCUT2D eigenvalue weighted by molar-refractivity contribution is 14.0. The van der Waals surface area contributed by atoms with Crippen LogP contribution in [0.15, 0.2) is 23.2 Å². The molecule has 1 aliphatic rings. The maximum atomic E-state index is 12.3. The van der Waals surface area contributed by atoms with E-state index in [1.165, 1.54) is 7.05 Å². The third kappa shape index (κ3) is 8.44. The van der Waals surface area contributed by atoms with Crippen LogP contribution in [0.1, 0.15) is 37.7 Å². The molecule has 1 fully saturated rings. The molecule has 0 amide bonds. The molecule has 0 heterocycles. The summed E-state index contributed by atoms with van der Waals surface area (Å²) in [5, 5.41) is 5.69. The van der Waals surface area contributed by atoms with Gasteiger partial charge in [-0.05, 0) is 37.8 Å². The van der Waals surface area contributed by atoms with E-state index in [1.54, 1.807) is 7.11 Å². The van der Waals surface area contributed by atoms with Crippen molar-refractivity contribution in [2.75, 3.05) is 20.7 Å². The molecule has 1 aromatic rings. The van der Waals surface area contributed by atoms with Crippen LogP contribution in [0.4, 0.5) is 13.2 Å². The van der Waals surface area contributed by atoms with Crippen LogP contribution in [0.25, 0.3) is 0 Å². The second kappa shape index (κ2) is 11.5. The molecule has 5 nitrogen and oxygen atoms in total. The average molecular weight is 501 g/mol. The van der Waals surface area contributed by atoms with Crippen molar-refractivity contribution in [3.63, 3.8) is 0 Å². The molecule has 2 N–H and O–H groups in total. The third-order valence-electron chi connectivity index (χ3n) is 4.24. The number of rotatable bonds is 7. The van der Waals surface area contributed by atoms with E-state index >= 15 is 0 Å². The number of benzene rings is 1. The summed E-state index contributed by atoms with van der Waals surface area (Å²) in [5.41, 5.74) is 0.900. The van der Waals surface area contributed by atoms with E-state index in [9.17, 15) is 13.2 Å². The molecule has 0 atom stereocenters. The van der Waals surface area contributed by atoms with E-state index < -0.39 is 12.6 Å². The molecule has 0 bridgehead atoms. The van der Waals surface area contributed by atoms with E-state index in [1.807, 2.05) is 18.2 Å². The smallest absolute Gasteiger partial charge is 0.390 e. The fourth-order valence-electron chi connectivity index (χ4n) is 2.83. The molecule has 0 saturated heterocycles. The minimum Gasteiger partial charge on any atom is -0.497 e. The Labute approximate surface area is 175 Å². The van der Waals surface area contributed by atoms with Gasteiger partial charge in [0.25, 0.3) is 0 Å². The zero-order valence-corrected chi connectivity index (χ0v) is 17.9. The first-order chi connectivity index (χ1) is 12.4. The summed E-state index contributed by atoms with van der Waals surface area (Å²) < 4.78 is 48.1. The Balaban J connectivity index is 0.00000364. The van der Waals surface area contributed by atoms with Gasteiger partial charge in [0.05, 0.1) is 19.6 Å². The highest BCUT2D eigenvalue weighted by Gasteiger charge is 2.26. The van der Waals surface area contributed by atoms with Gasteiger partial charge >= 0.3 is 6.18 Å². The van der Waals surface area contributed by atoms with E-state index in [4.69, 9.17) is 9.47 Å². The van der Waals surface area contributed by atoms with Crippen LogP contribution in [-0.4, -0.2) is 38.9 Å². The SMILES string of the molecule is CN=C(NCCC(F)(F)F)NCc1ccc(OC)cc1OC1CCCC1.I. The number of hydrogen-bond donors (Lipinski definition) is 2. The van der Waals surface area contributed by atoms with Gasteiger partial charge in [-0.2, -0.15) is 13.2 Å². The van der Waals surface area contributed by atoms with Gasteiger partial charge in [-0.15, -0.1) is 24.0 Å². The largest absolute Gasteiger partial charge is 0.497 e. The molecule has 0 radical (unpaired) electrons. The molecular weight excluding hydrogens is 474 g/mol. The average Bonchev–Trinajstić information content (AvgIpc) is 3.10. The van der Waals surface area contributed by atoms with Gasteiger partial charge in [0.1, 0.15) is 11.5 Å². The number of aliphatic imine (C=N–C) groups is 1. The molecule has 1 aromatic carbocycles. The molecule has 0 aromatic heterocycles. The second-order valence-corrected chi connectivity index (χ2v) is 6.22. The summed E-state index contributed by atoms with van der Waals surface area (Å²) >= 11 is 0. The number of guanidine groups is 1. The van der Waals surface area contributed by atoms with Gasteiger partial charge in [0.2, 0.25) is 0 Å². The molecule has 0 aliphatic heterocycles. The Morgan fingerprint density at radius 2 is 1.93 bits per heavy atom. The first-order valence-electron chi connectivity index (χ1n) is 8.76. The lowest BCUT2D eigenvalue weighted by molar-refractivity contribution is -0.132. The topological polar surface area (TPSA) is 54.9 Å². The monoisotopic (exact) mass is 501 g/mol. The molecule has 154 valence electrons. The van der Waals surface area contributed by atoms with Crippen molar-refractivity contribution in [1.29, 1.82) is 0 Å². The van der Waals surface area contributed by atoms with Gasteiger partial charge in [0, 0.05) is 31.8 Å². The number of nitrogens with one attached hydrogen (secondary N) is 2. The fourth-order valence-corrected chi connectivity index (χ4v) is 2.83. The number of nitrogens with zero attached hydrogens (tertiary/aromatic N) is 1. The Hall–Kier alpha value is -1.39. The molecular formula is C18H27F3IN3O2. The summed E-state index contributed by atoms with van der Waals surface area (Å²) in [6.45, 7) is 0.162. The Kier molecular flexibility index (Phi) is 10.0. The van der Waals surface area contributed by atoms with Gasteiger partial charge < -0.3 is 20.1 Å². The molecule has 2 rings (SSSR count). The van der Waals surface area contributed by atoms with Crippen LogP contribution in [0.2, 0.25) is 0 Å². The fraction of sp³-hybridized carbons (Fsp3) is 0.611. The Morgan fingerprint density at radius 3 is 2.52 bits per heavy atom. The van der Waals surface area contributed by atoms with Crippen molar-refractivity contribution in [1.82, 2.24) is 10.6 Å². The van der Waals surface area contributed by atoms with Crippen molar-refractivity contribution in [3.05, 3.63) is 23.8 Å². The van der Waals surface area contributed by atoms with Crippen molar-refractivity contribution < 1.29 is 22.6 Å². The number of methoxy groups -OCH3 is 1. The zero-order chi connectivity index (χ0) is 19.0.